The molecule has 6 nitrogen and oxygen atoms in total. The van der Waals surface area contributed by atoms with E-state index in [1.807, 2.05) is 0 Å². The topological polar surface area (TPSA) is 66.7 Å². The molecule has 0 bridgehead atoms. The van der Waals surface area contributed by atoms with Crippen LogP contribution in [-0.2, 0) is 0 Å². The Kier molecular flexibility index (Phi) is 5.24. The molecule has 0 unspecified atom stereocenters. The molecule has 1 saturated heterocycles. The lowest BCUT2D eigenvalue weighted by molar-refractivity contribution is -0.384. The first-order valence-electron chi connectivity index (χ1n) is 7.69. The number of hydrogen-bond donors (Lipinski definition) is 0. The number of hydrogen-bond acceptors (Lipinski definition) is 4. The Morgan fingerprint density at radius 1 is 1.08 bits per heavy atom. The number of halogens is 2. The van der Waals surface area contributed by atoms with Crippen LogP contribution < -0.4 is 4.90 Å². The van der Waals surface area contributed by atoms with Gasteiger partial charge in [0, 0.05) is 48.5 Å². The van der Waals surface area contributed by atoms with Gasteiger partial charge < -0.3 is 9.80 Å². The molecule has 130 valence electrons. The number of nitro groups is 1. The number of benzene rings is 2. The van der Waals surface area contributed by atoms with Crippen LogP contribution in [0.5, 0.6) is 0 Å². The lowest BCUT2D eigenvalue weighted by atomic mass is 10.1. The molecule has 0 aromatic heterocycles. The molecular weight excluding hydrogens is 410 g/mol. The summed E-state index contributed by atoms with van der Waals surface area (Å²) in [4.78, 5) is 26.8. The van der Waals surface area contributed by atoms with E-state index in [1.54, 1.807) is 35.2 Å². The fourth-order valence-electron chi connectivity index (χ4n) is 2.79. The monoisotopic (exact) mass is 423 g/mol. The highest BCUT2D eigenvalue weighted by Crippen LogP contribution is 2.24. The van der Waals surface area contributed by atoms with Gasteiger partial charge in [-0.15, -0.1) is 0 Å². The van der Waals surface area contributed by atoms with Crippen molar-refractivity contribution < 1.29 is 9.72 Å². The van der Waals surface area contributed by atoms with Crippen LogP contribution >= 0.6 is 27.5 Å². The largest absolute Gasteiger partial charge is 0.368 e. The number of amides is 1. The maximum atomic E-state index is 12.6. The van der Waals surface area contributed by atoms with E-state index in [0.29, 0.717) is 36.8 Å². The van der Waals surface area contributed by atoms with Crippen LogP contribution in [0, 0.1) is 10.1 Å². The van der Waals surface area contributed by atoms with Crippen molar-refractivity contribution in [3.63, 3.8) is 0 Å². The molecule has 0 saturated carbocycles. The summed E-state index contributed by atoms with van der Waals surface area (Å²) in [6.45, 7) is 2.47. The van der Waals surface area contributed by atoms with Gasteiger partial charge in [0.1, 0.15) is 0 Å². The second-order valence-corrected chi connectivity index (χ2v) is 7.00. The van der Waals surface area contributed by atoms with E-state index in [4.69, 9.17) is 11.6 Å². The number of nitrogens with zero attached hydrogens (tertiary/aromatic N) is 3. The predicted octanol–water partition coefficient (Wildman–Crippen LogP) is 3.97. The lowest BCUT2D eigenvalue weighted by Crippen LogP contribution is -2.48. The Morgan fingerprint density at radius 2 is 1.72 bits per heavy atom. The summed E-state index contributed by atoms with van der Waals surface area (Å²) in [7, 11) is 0. The summed E-state index contributed by atoms with van der Waals surface area (Å²) < 4.78 is 0.831. The molecular formula is C17H15BrClN3O3. The van der Waals surface area contributed by atoms with Crippen LogP contribution in [0.4, 0.5) is 11.4 Å². The Bertz CT molecular complexity index is 805. The molecule has 25 heavy (non-hydrogen) atoms. The van der Waals surface area contributed by atoms with Gasteiger partial charge in [-0.1, -0.05) is 27.5 Å². The zero-order valence-corrected chi connectivity index (χ0v) is 15.5. The van der Waals surface area contributed by atoms with E-state index < -0.39 is 4.92 Å². The number of non-ortho nitro benzene ring substituents is 1. The third-order valence-corrected chi connectivity index (χ3v) is 4.96. The molecule has 2 aromatic rings. The van der Waals surface area contributed by atoms with Gasteiger partial charge in [-0.3, -0.25) is 14.9 Å². The van der Waals surface area contributed by atoms with E-state index >= 15 is 0 Å². The van der Waals surface area contributed by atoms with Crippen LogP contribution in [0.3, 0.4) is 0 Å². The van der Waals surface area contributed by atoms with Crippen LogP contribution in [0.15, 0.2) is 46.9 Å². The number of carbonyl (C=O) groups excluding carboxylic acids is 1. The maximum Gasteiger partial charge on any atom is 0.269 e. The summed E-state index contributed by atoms with van der Waals surface area (Å²) >= 11 is 9.50. The second-order valence-electron chi connectivity index (χ2n) is 5.68. The first-order valence-corrected chi connectivity index (χ1v) is 8.86. The number of carbonyl (C=O) groups is 1. The summed E-state index contributed by atoms with van der Waals surface area (Å²) in [6.07, 6.45) is 0. The highest BCUT2D eigenvalue weighted by atomic mass is 79.9. The van der Waals surface area contributed by atoms with Gasteiger partial charge in [0.2, 0.25) is 0 Å². The first-order chi connectivity index (χ1) is 12.0. The fraction of sp³-hybridized carbons (Fsp3) is 0.235. The van der Waals surface area contributed by atoms with Gasteiger partial charge in [0.05, 0.1) is 15.5 Å². The van der Waals surface area contributed by atoms with Crippen molar-refractivity contribution in [1.29, 1.82) is 0 Å². The molecule has 2 aromatic carbocycles. The Hall–Kier alpha value is -2.12. The van der Waals surface area contributed by atoms with Gasteiger partial charge in [-0.05, 0) is 30.3 Å². The molecule has 1 aliphatic rings. The molecule has 1 aliphatic heterocycles. The maximum absolute atomic E-state index is 12.6. The lowest BCUT2D eigenvalue weighted by Gasteiger charge is -2.36. The molecule has 0 radical (unpaired) electrons. The predicted molar refractivity (Wildman–Crippen MR) is 100 cm³/mol. The standard InChI is InChI=1S/C17H15BrClN3O3/c18-12-1-6-15(16(19)11-12)17(23)21-9-7-20(8-10-21)13-2-4-14(5-3-13)22(24)25/h1-6,11H,7-10H2. The molecule has 1 fully saturated rings. The van der Waals surface area contributed by atoms with Gasteiger partial charge in [0.15, 0.2) is 0 Å². The number of rotatable bonds is 3. The number of piperazine rings is 1. The number of nitro benzene ring substituents is 1. The van der Waals surface area contributed by atoms with Crippen molar-refractivity contribution in [3.05, 3.63) is 67.6 Å². The SMILES string of the molecule is O=C(c1ccc(Br)cc1Cl)N1CCN(c2ccc([N+](=O)[O-])cc2)CC1. The Morgan fingerprint density at radius 3 is 2.28 bits per heavy atom. The van der Waals surface area contributed by atoms with Crippen LogP contribution in [0.2, 0.25) is 5.02 Å². The third kappa shape index (κ3) is 3.93. The minimum atomic E-state index is -0.414. The van der Waals surface area contributed by atoms with Crippen LogP contribution in [0.25, 0.3) is 0 Å². The minimum absolute atomic E-state index is 0.0717. The smallest absolute Gasteiger partial charge is 0.269 e. The van der Waals surface area contributed by atoms with Crippen LogP contribution in [-0.4, -0.2) is 41.9 Å². The van der Waals surface area contributed by atoms with E-state index in [-0.39, 0.29) is 11.6 Å². The fourth-order valence-corrected chi connectivity index (χ4v) is 3.54. The normalized spacial score (nSPS) is 14.5. The Balaban J connectivity index is 1.65. The Labute approximate surface area is 158 Å². The molecule has 1 amide bonds. The average molecular weight is 425 g/mol. The zero-order chi connectivity index (χ0) is 18.0. The average Bonchev–Trinajstić information content (AvgIpc) is 2.61. The molecule has 0 spiro atoms. The van der Waals surface area contributed by atoms with Crippen molar-refractivity contribution in [3.8, 4) is 0 Å². The summed E-state index contributed by atoms with van der Waals surface area (Å²) in [5.41, 5.74) is 1.48. The summed E-state index contributed by atoms with van der Waals surface area (Å²) in [5.74, 6) is -0.0825. The highest BCUT2D eigenvalue weighted by Gasteiger charge is 2.24. The summed E-state index contributed by atoms with van der Waals surface area (Å²) in [6, 6.07) is 11.7. The molecule has 0 aliphatic carbocycles. The van der Waals surface area contributed by atoms with Crippen molar-refractivity contribution in [2.45, 2.75) is 0 Å². The van der Waals surface area contributed by atoms with Gasteiger partial charge in [-0.25, -0.2) is 0 Å². The quantitative estimate of drug-likeness (QED) is 0.552. The van der Waals surface area contributed by atoms with Crippen molar-refractivity contribution >= 4 is 44.8 Å². The minimum Gasteiger partial charge on any atom is -0.368 e. The van der Waals surface area contributed by atoms with Gasteiger partial charge in [-0.2, -0.15) is 0 Å². The molecule has 1 heterocycles. The van der Waals surface area contributed by atoms with E-state index in [1.165, 1.54) is 12.1 Å². The first kappa shape index (κ1) is 17.7. The van der Waals surface area contributed by atoms with Crippen LogP contribution in [0.1, 0.15) is 10.4 Å². The second kappa shape index (κ2) is 7.41. The number of anilines is 1. The van der Waals surface area contributed by atoms with Gasteiger partial charge in [0.25, 0.3) is 11.6 Å². The van der Waals surface area contributed by atoms with Crippen molar-refractivity contribution in [1.82, 2.24) is 4.90 Å². The van der Waals surface area contributed by atoms with Crippen molar-refractivity contribution in [2.75, 3.05) is 31.1 Å². The third-order valence-electron chi connectivity index (χ3n) is 4.15. The van der Waals surface area contributed by atoms with E-state index in [2.05, 4.69) is 20.8 Å². The zero-order valence-electron chi connectivity index (χ0n) is 13.2. The van der Waals surface area contributed by atoms with Gasteiger partial charge >= 0.3 is 0 Å². The molecule has 0 N–H and O–H groups in total. The highest BCUT2D eigenvalue weighted by molar-refractivity contribution is 9.10. The molecule has 8 heteroatoms. The van der Waals surface area contributed by atoms with E-state index in [0.717, 1.165) is 10.2 Å². The van der Waals surface area contributed by atoms with E-state index in [9.17, 15) is 14.9 Å². The summed E-state index contributed by atoms with van der Waals surface area (Å²) in [5, 5.41) is 11.2. The molecule has 0 atom stereocenters. The molecule has 3 rings (SSSR count). The van der Waals surface area contributed by atoms with Crippen molar-refractivity contribution in [2.24, 2.45) is 0 Å².